The highest BCUT2D eigenvalue weighted by Gasteiger charge is 2.21. The number of hydrogen-bond donors (Lipinski definition) is 2. The van der Waals surface area contributed by atoms with Gasteiger partial charge in [0.25, 0.3) is 5.91 Å². The monoisotopic (exact) mass is 386 g/mol. The third kappa shape index (κ3) is 8.01. The first kappa shape index (κ1) is 23.5. The molecule has 5 nitrogen and oxygen atoms in total. The van der Waals surface area contributed by atoms with Crippen LogP contribution in [0.25, 0.3) is 0 Å². The van der Waals surface area contributed by atoms with E-state index in [-0.39, 0.29) is 11.3 Å². The van der Waals surface area contributed by atoms with Gasteiger partial charge in [0.15, 0.2) is 6.10 Å². The number of likely N-dealkylation sites (N-methyl/N-ethyl adjacent to an activating group) is 1. The molecule has 0 aromatic heterocycles. The number of hydrogen-bond acceptors (Lipinski definition) is 4. The maximum atomic E-state index is 12.3. The van der Waals surface area contributed by atoms with E-state index in [9.17, 15) is 4.79 Å². The summed E-state index contributed by atoms with van der Waals surface area (Å²) >= 11 is 0. The number of allylic oxidation sites excluding steroid dienone is 4. The fourth-order valence-electron chi connectivity index (χ4n) is 2.47. The van der Waals surface area contributed by atoms with E-state index in [1.165, 1.54) is 5.56 Å². The average molecular weight is 387 g/mol. The molecule has 0 aliphatic heterocycles. The Labute approximate surface area is 169 Å². The van der Waals surface area contributed by atoms with Crippen molar-refractivity contribution in [3.63, 3.8) is 0 Å². The van der Waals surface area contributed by atoms with Crippen LogP contribution in [0.2, 0.25) is 0 Å². The maximum absolute atomic E-state index is 12.3. The number of carbonyl (C=O) groups is 1. The fourth-order valence-corrected chi connectivity index (χ4v) is 2.47. The van der Waals surface area contributed by atoms with Crippen LogP contribution in [0.4, 0.5) is 0 Å². The summed E-state index contributed by atoms with van der Waals surface area (Å²) in [4.78, 5) is 12.3. The van der Waals surface area contributed by atoms with Gasteiger partial charge < -0.3 is 20.5 Å². The summed E-state index contributed by atoms with van der Waals surface area (Å²) in [5.41, 5.74) is 7.58. The fraction of sp³-hybridized carbons (Fsp3) is 0.435. The summed E-state index contributed by atoms with van der Waals surface area (Å²) < 4.78 is 11.4. The summed E-state index contributed by atoms with van der Waals surface area (Å²) in [5, 5.41) is 2.66. The Bertz CT molecular complexity index is 698. The van der Waals surface area contributed by atoms with Gasteiger partial charge in [0.1, 0.15) is 5.75 Å². The third-order valence-corrected chi connectivity index (χ3v) is 4.20. The van der Waals surface area contributed by atoms with Crippen molar-refractivity contribution >= 4 is 5.91 Å². The highest BCUT2D eigenvalue weighted by atomic mass is 16.5. The Morgan fingerprint density at radius 2 is 1.89 bits per heavy atom. The second kappa shape index (κ2) is 11.3. The van der Waals surface area contributed by atoms with E-state index in [2.05, 4.69) is 32.7 Å². The first-order chi connectivity index (χ1) is 13.2. The van der Waals surface area contributed by atoms with E-state index in [0.717, 1.165) is 11.3 Å². The van der Waals surface area contributed by atoms with Crippen molar-refractivity contribution in [1.29, 1.82) is 0 Å². The van der Waals surface area contributed by atoms with Crippen molar-refractivity contribution in [3.05, 3.63) is 66.0 Å². The molecule has 0 bridgehead atoms. The van der Waals surface area contributed by atoms with Gasteiger partial charge in [0.05, 0.1) is 12.4 Å². The minimum atomic E-state index is -0.659. The topological polar surface area (TPSA) is 73.6 Å². The Kier molecular flexibility index (Phi) is 9.52. The molecule has 0 saturated heterocycles. The van der Waals surface area contributed by atoms with Crippen molar-refractivity contribution in [3.8, 4) is 5.75 Å². The number of amides is 1. The summed E-state index contributed by atoms with van der Waals surface area (Å²) in [6.45, 7) is 13.1. The standard InChI is InChI=1S/C23H34N2O3/c1-7-18(9-8-17(2)27-15-14-24)16-21(22(26)25-6)28-20-12-10-19(11-13-20)23(3,4)5/h7-13,21H,1,14-16,24H2,2-6H3,(H,25,26)/b17-8+,18-9+/t21-/m0/s1. The lowest BCUT2D eigenvalue weighted by atomic mass is 9.87. The predicted octanol–water partition coefficient (Wildman–Crippen LogP) is 3.86. The van der Waals surface area contributed by atoms with Gasteiger partial charge in [-0.15, -0.1) is 0 Å². The van der Waals surface area contributed by atoms with E-state index in [0.29, 0.717) is 25.3 Å². The molecule has 1 aromatic rings. The van der Waals surface area contributed by atoms with Crippen molar-refractivity contribution in [2.75, 3.05) is 20.2 Å². The van der Waals surface area contributed by atoms with E-state index < -0.39 is 6.10 Å². The smallest absolute Gasteiger partial charge is 0.261 e. The Morgan fingerprint density at radius 1 is 1.25 bits per heavy atom. The van der Waals surface area contributed by atoms with Crippen LogP contribution in [-0.4, -0.2) is 32.2 Å². The lowest BCUT2D eigenvalue weighted by Gasteiger charge is -2.21. The van der Waals surface area contributed by atoms with Crippen LogP contribution in [0.5, 0.6) is 5.75 Å². The molecule has 28 heavy (non-hydrogen) atoms. The van der Waals surface area contributed by atoms with Gasteiger partial charge in [0.2, 0.25) is 0 Å². The number of ether oxygens (including phenoxy) is 2. The van der Waals surface area contributed by atoms with Crippen LogP contribution in [0, 0.1) is 0 Å². The molecule has 0 unspecified atom stereocenters. The number of nitrogens with two attached hydrogens (primary N) is 1. The molecule has 1 amide bonds. The minimum absolute atomic E-state index is 0.0631. The average Bonchev–Trinajstić information content (AvgIpc) is 2.67. The second-order valence-electron chi connectivity index (χ2n) is 7.56. The van der Waals surface area contributed by atoms with Crippen LogP contribution in [0.15, 0.2) is 60.4 Å². The van der Waals surface area contributed by atoms with E-state index in [1.807, 2.05) is 43.3 Å². The van der Waals surface area contributed by atoms with Crippen molar-refractivity contribution in [2.24, 2.45) is 5.73 Å². The molecule has 1 aromatic carbocycles. The van der Waals surface area contributed by atoms with Crippen LogP contribution < -0.4 is 15.8 Å². The van der Waals surface area contributed by atoms with E-state index in [1.54, 1.807) is 13.1 Å². The lowest BCUT2D eigenvalue weighted by Crippen LogP contribution is -2.36. The maximum Gasteiger partial charge on any atom is 0.261 e. The number of nitrogens with one attached hydrogen (secondary N) is 1. The SMILES string of the molecule is C=C/C(=C\C=C(/C)OCCN)C[C@H](Oc1ccc(C(C)(C)C)cc1)C(=O)NC. The minimum Gasteiger partial charge on any atom is -0.497 e. The first-order valence-electron chi connectivity index (χ1n) is 9.52. The molecule has 0 aliphatic carbocycles. The summed E-state index contributed by atoms with van der Waals surface area (Å²) in [7, 11) is 1.60. The number of carbonyl (C=O) groups excluding carboxylic acids is 1. The Balaban J connectivity index is 2.92. The molecule has 0 heterocycles. The molecule has 0 radical (unpaired) electrons. The van der Waals surface area contributed by atoms with Crippen LogP contribution in [0.1, 0.15) is 39.7 Å². The molecule has 3 N–H and O–H groups in total. The number of rotatable bonds is 10. The number of benzene rings is 1. The zero-order valence-corrected chi connectivity index (χ0v) is 17.7. The Morgan fingerprint density at radius 3 is 2.39 bits per heavy atom. The second-order valence-corrected chi connectivity index (χ2v) is 7.56. The summed E-state index contributed by atoms with van der Waals surface area (Å²) in [5.74, 6) is 1.22. The van der Waals surface area contributed by atoms with Crippen LogP contribution in [0.3, 0.4) is 0 Å². The normalized spacial score (nSPS) is 13.6. The molecular weight excluding hydrogens is 352 g/mol. The van der Waals surface area contributed by atoms with Crippen LogP contribution in [-0.2, 0) is 14.9 Å². The van der Waals surface area contributed by atoms with E-state index in [4.69, 9.17) is 15.2 Å². The largest absolute Gasteiger partial charge is 0.497 e. The molecular formula is C23H34N2O3. The quantitative estimate of drug-likeness (QED) is 0.473. The van der Waals surface area contributed by atoms with Gasteiger partial charge in [0, 0.05) is 20.0 Å². The Hall–Kier alpha value is -2.53. The first-order valence-corrected chi connectivity index (χ1v) is 9.52. The van der Waals surface area contributed by atoms with Crippen LogP contribution >= 0.6 is 0 Å². The molecule has 154 valence electrons. The molecule has 0 saturated carbocycles. The third-order valence-electron chi connectivity index (χ3n) is 4.20. The molecule has 0 fully saturated rings. The van der Waals surface area contributed by atoms with Gasteiger partial charge in [-0.2, -0.15) is 0 Å². The molecule has 5 heteroatoms. The van der Waals surface area contributed by atoms with Gasteiger partial charge in [-0.25, -0.2) is 0 Å². The lowest BCUT2D eigenvalue weighted by molar-refractivity contribution is -0.127. The summed E-state index contributed by atoms with van der Waals surface area (Å²) in [6.07, 6.45) is 5.17. The predicted molar refractivity (Wildman–Crippen MR) is 115 cm³/mol. The van der Waals surface area contributed by atoms with E-state index >= 15 is 0 Å². The highest BCUT2D eigenvalue weighted by molar-refractivity contribution is 5.81. The highest BCUT2D eigenvalue weighted by Crippen LogP contribution is 2.25. The van der Waals surface area contributed by atoms with Gasteiger partial charge in [-0.05, 0) is 41.7 Å². The molecule has 0 aliphatic rings. The van der Waals surface area contributed by atoms with Gasteiger partial charge in [-0.3, -0.25) is 4.79 Å². The zero-order valence-electron chi connectivity index (χ0n) is 17.7. The van der Waals surface area contributed by atoms with Gasteiger partial charge in [-0.1, -0.05) is 51.6 Å². The van der Waals surface area contributed by atoms with Crippen molar-refractivity contribution < 1.29 is 14.3 Å². The molecule has 1 rings (SSSR count). The van der Waals surface area contributed by atoms with Gasteiger partial charge >= 0.3 is 0 Å². The van der Waals surface area contributed by atoms with Crippen molar-refractivity contribution in [1.82, 2.24) is 5.32 Å². The molecule has 1 atom stereocenters. The van der Waals surface area contributed by atoms with Crippen molar-refractivity contribution in [2.45, 2.75) is 45.6 Å². The zero-order chi connectivity index (χ0) is 21.2. The summed E-state index contributed by atoms with van der Waals surface area (Å²) in [6, 6.07) is 7.86. The molecule has 0 spiro atoms.